The topological polar surface area (TPSA) is 115 Å². The van der Waals surface area contributed by atoms with E-state index in [-0.39, 0.29) is 22.9 Å². The van der Waals surface area contributed by atoms with Crippen LogP contribution in [0.15, 0.2) is 41.3 Å². The third kappa shape index (κ3) is 4.29. The van der Waals surface area contributed by atoms with E-state index in [9.17, 15) is 10.1 Å². The van der Waals surface area contributed by atoms with Crippen LogP contribution in [-0.2, 0) is 0 Å². The summed E-state index contributed by atoms with van der Waals surface area (Å²) in [6, 6.07) is 7.12. The van der Waals surface area contributed by atoms with E-state index in [0.717, 1.165) is 9.86 Å². The molecule has 0 saturated heterocycles. The molecule has 2 heterocycles. The second kappa shape index (κ2) is 7.41. The van der Waals surface area contributed by atoms with E-state index in [4.69, 9.17) is 4.74 Å². The predicted octanol–water partition coefficient (Wildman–Crippen LogP) is 4.20. The molecule has 0 spiro atoms. The van der Waals surface area contributed by atoms with Gasteiger partial charge in [-0.3, -0.25) is 20.5 Å². The Labute approximate surface area is 163 Å². The first kappa shape index (κ1) is 18.9. The van der Waals surface area contributed by atoms with Crippen molar-refractivity contribution in [1.82, 2.24) is 20.4 Å². The molecule has 140 valence electrons. The molecular formula is C17H17BrN6O3. The van der Waals surface area contributed by atoms with Crippen molar-refractivity contribution in [3.05, 3.63) is 51.4 Å². The molecule has 0 aliphatic rings. The fraction of sp³-hybridized carbons (Fsp3) is 0.235. The van der Waals surface area contributed by atoms with Gasteiger partial charge in [0.1, 0.15) is 11.8 Å². The van der Waals surface area contributed by atoms with E-state index in [1.165, 1.54) is 6.33 Å². The van der Waals surface area contributed by atoms with E-state index in [1.54, 1.807) is 24.4 Å². The summed E-state index contributed by atoms with van der Waals surface area (Å²) in [5, 5.41) is 12.4. The molecule has 3 rings (SSSR count). The minimum Gasteiger partial charge on any atom is -0.431 e. The largest absolute Gasteiger partial charge is 0.431 e. The third-order valence-corrected chi connectivity index (χ3v) is 4.10. The summed E-state index contributed by atoms with van der Waals surface area (Å²) >= 11 is 3.46. The van der Waals surface area contributed by atoms with Crippen LogP contribution in [0.1, 0.15) is 20.8 Å². The van der Waals surface area contributed by atoms with Crippen LogP contribution in [0.3, 0.4) is 0 Å². The highest BCUT2D eigenvalue weighted by atomic mass is 79.9. The quantitative estimate of drug-likeness (QED) is 0.455. The summed E-state index contributed by atoms with van der Waals surface area (Å²) in [6.45, 7) is 5.72. The van der Waals surface area contributed by atoms with E-state index in [2.05, 4.69) is 41.7 Å². The lowest BCUT2D eigenvalue weighted by molar-refractivity contribution is -0.385. The zero-order valence-electron chi connectivity index (χ0n) is 14.9. The van der Waals surface area contributed by atoms with E-state index < -0.39 is 4.92 Å². The van der Waals surface area contributed by atoms with Gasteiger partial charge in [-0.1, -0.05) is 22.0 Å². The zero-order chi connectivity index (χ0) is 19.6. The van der Waals surface area contributed by atoms with Crippen molar-refractivity contribution < 1.29 is 9.66 Å². The van der Waals surface area contributed by atoms with E-state index in [1.807, 2.05) is 26.8 Å². The monoisotopic (exact) mass is 432 g/mol. The molecule has 1 aromatic carbocycles. The van der Waals surface area contributed by atoms with Crippen LogP contribution in [0.2, 0.25) is 0 Å². The molecule has 0 atom stereocenters. The second-order valence-electron chi connectivity index (χ2n) is 6.68. The van der Waals surface area contributed by atoms with Crippen LogP contribution in [0.25, 0.3) is 10.9 Å². The fourth-order valence-electron chi connectivity index (χ4n) is 2.24. The summed E-state index contributed by atoms with van der Waals surface area (Å²) in [5.41, 5.74) is 5.56. The Balaban J connectivity index is 2.03. The van der Waals surface area contributed by atoms with Crippen molar-refractivity contribution in [2.24, 2.45) is 0 Å². The fourth-order valence-corrected chi connectivity index (χ4v) is 2.69. The lowest BCUT2D eigenvalue weighted by Crippen LogP contribution is -2.40. The number of rotatable bonds is 5. The SMILES string of the molecule is CC(C)(C)NNc1ncnc(Oc2ccc(Br)c3cccnc23)c1[N+](=O)[O-]. The number of ether oxygens (including phenoxy) is 1. The minimum absolute atomic E-state index is 0.00861. The van der Waals surface area contributed by atoms with Gasteiger partial charge < -0.3 is 4.74 Å². The van der Waals surface area contributed by atoms with Crippen molar-refractivity contribution in [2.45, 2.75) is 26.3 Å². The number of nitrogens with one attached hydrogen (secondary N) is 2. The van der Waals surface area contributed by atoms with E-state index >= 15 is 0 Å². The molecule has 0 unspecified atom stereocenters. The van der Waals surface area contributed by atoms with Gasteiger partial charge in [0.15, 0.2) is 5.75 Å². The van der Waals surface area contributed by atoms with Crippen molar-refractivity contribution in [1.29, 1.82) is 0 Å². The van der Waals surface area contributed by atoms with Gasteiger partial charge in [-0.2, -0.15) is 4.98 Å². The molecule has 2 aromatic heterocycles. The Kier molecular flexibility index (Phi) is 5.19. The third-order valence-electron chi connectivity index (χ3n) is 3.41. The van der Waals surface area contributed by atoms with Crippen LogP contribution in [0.5, 0.6) is 11.6 Å². The number of halogens is 1. The molecule has 27 heavy (non-hydrogen) atoms. The predicted molar refractivity (Wildman–Crippen MR) is 105 cm³/mol. The lowest BCUT2D eigenvalue weighted by Gasteiger charge is -2.21. The van der Waals surface area contributed by atoms with Crippen molar-refractivity contribution in [2.75, 3.05) is 5.43 Å². The first-order valence-corrected chi connectivity index (χ1v) is 8.79. The van der Waals surface area contributed by atoms with Gasteiger partial charge in [-0.15, -0.1) is 0 Å². The number of nitrogens with zero attached hydrogens (tertiary/aromatic N) is 4. The first-order valence-electron chi connectivity index (χ1n) is 8.00. The maximum Gasteiger partial charge on any atom is 0.374 e. The van der Waals surface area contributed by atoms with Gasteiger partial charge in [0.25, 0.3) is 0 Å². The first-order chi connectivity index (χ1) is 12.8. The maximum absolute atomic E-state index is 11.6. The van der Waals surface area contributed by atoms with Crippen molar-refractivity contribution in [3.8, 4) is 11.6 Å². The lowest BCUT2D eigenvalue weighted by atomic mass is 10.1. The molecule has 0 amide bonds. The number of anilines is 1. The normalized spacial score (nSPS) is 11.4. The van der Waals surface area contributed by atoms with Gasteiger partial charge in [0.2, 0.25) is 5.82 Å². The molecule has 0 radical (unpaired) electrons. The van der Waals surface area contributed by atoms with Gasteiger partial charge in [0.05, 0.1) is 4.92 Å². The standard InChI is InChI=1S/C17H17BrN6O3/c1-17(2,3)23-22-15-14(24(25)26)16(21-9-20-15)27-12-7-6-11(18)10-5-4-8-19-13(10)12/h4-9,23H,1-3H3,(H,20,21,22). The second-order valence-corrected chi connectivity index (χ2v) is 7.53. The summed E-state index contributed by atoms with van der Waals surface area (Å²) in [7, 11) is 0. The number of hydrogen-bond donors (Lipinski definition) is 2. The molecule has 0 bridgehead atoms. The average molecular weight is 433 g/mol. The molecule has 0 fully saturated rings. The molecule has 3 aromatic rings. The molecule has 0 saturated carbocycles. The number of nitro groups is 1. The number of pyridine rings is 1. The highest BCUT2D eigenvalue weighted by molar-refractivity contribution is 9.10. The molecule has 0 aliphatic heterocycles. The Bertz CT molecular complexity index is 1010. The van der Waals surface area contributed by atoms with Crippen LogP contribution in [0, 0.1) is 10.1 Å². The molecule has 9 nitrogen and oxygen atoms in total. The number of benzene rings is 1. The smallest absolute Gasteiger partial charge is 0.374 e. The molecule has 10 heteroatoms. The molecule has 0 aliphatic carbocycles. The number of aromatic nitrogens is 3. The molecule has 2 N–H and O–H groups in total. The molecular weight excluding hydrogens is 416 g/mol. The number of fused-ring (bicyclic) bond motifs is 1. The maximum atomic E-state index is 11.6. The summed E-state index contributed by atoms with van der Waals surface area (Å²) < 4.78 is 6.61. The number of hydrazine groups is 1. The Morgan fingerprint density at radius 3 is 2.67 bits per heavy atom. The Hall–Kier alpha value is -2.85. The van der Waals surface area contributed by atoms with Crippen molar-refractivity contribution in [3.63, 3.8) is 0 Å². The highest BCUT2D eigenvalue weighted by Gasteiger charge is 2.26. The van der Waals surface area contributed by atoms with Gasteiger partial charge in [0, 0.05) is 21.6 Å². The van der Waals surface area contributed by atoms with Crippen molar-refractivity contribution >= 4 is 38.3 Å². The Morgan fingerprint density at radius 1 is 1.19 bits per heavy atom. The minimum atomic E-state index is -0.587. The zero-order valence-corrected chi connectivity index (χ0v) is 16.4. The summed E-state index contributed by atoms with van der Waals surface area (Å²) in [6.07, 6.45) is 2.82. The van der Waals surface area contributed by atoms with Gasteiger partial charge in [-0.25, -0.2) is 10.4 Å². The van der Waals surface area contributed by atoms with Gasteiger partial charge >= 0.3 is 11.6 Å². The van der Waals surface area contributed by atoms with Crippen LogP contribution < -0.4 is 15.6 Å². The number of hydrogen-bond acceptors (Lipinski definition) is 8. The summed E-state index contributed by atoms with van der Waals surface area (Å²) in [5.74, 6) is 0.183. The van der Waals surface area contributed by atoms with Crippen LogP contribution in [0.4, 0.5) is 11.5 Å². The Morgan fingerprint density at radius 2 is 1.96 bits per heavy atom. The van der Waals surface area contributed by atoms with E-state index in [0.29, 0.717) is 11.3 Å². The van der Waals surface area contributed by atoms with Crippen LogP contribution >= 0.6 is 15.9 Å². The van der Waals surface area contributed by atoms with Crippen LogP contribution in [-0.4, -0.2) is 25.4 Å². The van der Waals surface area contributed by atoms with Gasteiger partial charge in [-0.05, 0) is 39.0 Å². The summed E-state index contributed by atoms with van der Waals surface area (Å²) in [4.78, 5) is 23.2. The highest BCUT2D eigenvalue weighted by Crippen LogP contribution is 2.37. The average Bonchev–Trinajstić information content (AvgIpc) is 2.62.